The second-order valence-electron chi connectivity index (χ2n) is 6.76. The maximum absolute atomic E-state index is 13.4. The number of carbonyl (C=O) groups is 2. The number of halogens is 1. The van der Waals surface area contributed by atoms with Gasteiger partial charge in [0.05, 0.1) is 17.2 Å². The SMILES string of the molecule is CCOC(=O)c1nn(-c2ccc(Cl)cc2)c2c1CCN(c1ccc([N+](=O)[O-])cc1)C2=O. The van der Waals surface area contributed by atoms with Gasteiger partial charge in [0.2, 0.25) is 0 Å². The van der Waals surface area contributed by atoms with Crippen LogP contribution in [0.3, 0.4) is 0 Å². The van der Waals surface area contributed by atoms with Crippen molar-refractivity contribution in [3.63, 3.8) is 0 Å². The molecule has 0 saturated heterocycles. The Bertz CT molecular complexity index is 1170. The Labute approximate surface area is 181 Å². The molecule has 3 aromatic rings. The molecule has 0 atom stereocenters. The number of carbonyl (C=O) groups excluding carboxylic acids is 2. The molecule has 1 aromatic heterocycles. The lowest BCUT2D eigenvalue weighted by atomic mass is 10.0. The minimum Gasteiger partial charge on any atom is -0.461 e. The molecule has 0 N–H and O–H groups in total. The minimum absolute atomic E-state index is 0.0651. The maximum atomic E-state index is 13.4. The molecule has 1 aliphatic heterocycles. The number of amides is 1. The molecule has 0 unspecified atom stereocenters. The average Bonchev–Trinajstić information content (AvgIpc) is 3.15. The first-order chi connectivity index (χ1) is 14.9. The van der Waals surface area contributed by atoms with Gasteiger partial charge in [-0.2, -0.15) is 5.10 Å². The van der Waals surface area contributed by atoms with Crippen LogP contribution in [0.5, 0.6) is 0 Å². The summed E-state index contributed by atoms with van der Waals surface area (Å²) in [6, 6.07) is 12.5. The van der Waals surface area contributed by atoms with Gasteiger partial charge in [0.25, 0.3) is 11.6 Å². The van der Waals surface area contributed by atoms with Crippen LogP contribution in [0.15, 0.2) is 48.5 Å². The molecule has 1 aliphatic rings. The maximum Gasteiger partial charge on any atom is 0.359 e. The molecule has 0 spiro atoms. The van der Waals surface area contributed by atoms with Gasteiger partial charge in [-0.05, 0) is 49.7 Å². The largest absolute Gasteiger partial charge is 0.461 e. The van der Waals surface area contributed by atoms with Crippen molar-refractivity contribution < 1.29 is 19.2 Å². The molecule has 0 radical (unpaired) electrons. The lowest BCUT2D eigenvalue weighted by Crippen LogP contribution is -2.39. The number of rotatable bonds is 5. The van der Waals surface area contributed by atoms with Crippen LogP contribution in [0.4, 0.5) is 11.4 Å². The molecule has 0 fully saturated rings. The van der Waals surface area contributed by atoms with E-state index in [0.29, 0.717) is 34.9 Å². The topological polar surface area (TPSA) is 108 Å². The second-order valence-corrected chi connectivity index (χ2v) is 7.20. The summed E-state index contributed by atoms with van der Waals surface area (Å²) < 4.78 is 6.53. The van der Waals surface area contributed by atoms with Crippen LogP contribution in [0.2, 0.25) is 5.02 Å². The lowest BCUT2D eigenvalue weighted by Gasteiger charge is -2.27. The first-order valence-electron chi connectivity index (χ1n) is 9.52. The number of esters is 1. The van der Waals surface area contributed by atoms with Crippen LogP contribution < -0.4 is 4.90 Å². The summed E-state index contributed by atoms with van der Waals surface area (Å²) in [7, 11) is 0. The molecule has 4 rings (SSSR count). The van der Waals surface area contributed by atoms with Gasteiger partial charge < -0.3 is 9.64 Å². The van der Waals surface area contributed by atoms with E-state index in [2.05, 4.69) is 5.10 Å². The Balaban J connectivity index is 1.80. The summed E-state index contributed by atoms with van der Waals surface area (Å²) in [6.45, 7) is 2.18. The Morgan fingerprint density at radius 2 is 1.81 bits per heavy atom. The van der Waals surface area contributed by atoms with E-state index in [4.69, 9.17) is 16.3 Å². The fourth-order valence-corrected chi connectivity index (χ4v) is 3.62. The fraction of sp³-hybridized carbons (Fsp3) is 0.190. The Kier molecular flexibility index (Phi) is 5.43. The number of nitro groups is 1. The van der Waals surface area contributed by atoms with Gasteiger partial charge in [0, 0.05) is 35.0 Å². The van der Waals surface area contributed by atoms with E-state index in [0.717, 1.165) is 0 Å². The van der Waals surface area contributed by atoms with Crippen LogP contribution in [-0.4, -0.2) is 39.7 Å². The number of nitrogens with zero attached hydrogens (tertiary/aromatic N) is 4. The van der Waals surface area contributed by atoms with Crippen LogP contribution in [-0.2, 0) is 11.2 Å². The lowest BCUT2D eigenvalue weighted by molar-refractivity contribution is -0.384. The minimum atomic E-state index is -0.594. The van der Waals surface area contributed by atoms with Gasteiger partial charge in [0.1, 0.15) is 5.69 Å². The number of benzene rings is 2. The molecule has 158 valence electrons. The molecule has 0 saturated carbocycles. The molecule has 0 bridgehead atoms. The van der Waals surface area contributed by atoms with Crippen LogP contribution in [0, 0.1) is 10.1 Å². The number of aromatic nitrogens is 2. The Hall–Kier alpha value is -3.72. The van der Waals surface area contributed by atoms with Crippen molar-refractivity contribution in [2.75, 3.05) is 18.1 Å². The third-order valence-corrected chi connectivity index (χ3v) is 5.18. The number of hydrogen-bond donors (Lipinski definition) is 0. The monoisotopic (exact) mass is 440 g/mol. The summed E-state index contributed by atoms with van der Waals surface area (Å²) in [6.07, 6.45) is 0.375. The van der Waals surface area contributed by atoms with Crippen molar-refractivity contribution in [3.05, 3.63) is 80.6 Å². The summed E-state index contributed by atoms with van der Waals surface area (Å²) in [5, 5.41) is 15.8. The molecule has 2 aromatic carbocycles. The third-order valence-electron chi connectivity index (χ3n) is 4.93. The Morgan fingerprint density at radius 1 is 1.16 bits per heavy atom. The van der Waals surface area contributed by atoms with Crippen molar-refractivity contribution in [1.29, 1.82) is 0 Å². The van der Waals surface area contributed by atoms with Crippen LogP contribution >= 0.6 is 11.6 Å². The highest BCUT2D eigenvalue weighted by Crippen LogP contribution is 2.30. The molecular weight excluding hydrogens is 424 g/mol. The zero-order chi connectivity index (χ0) is 22.1. The van der Waals surface area contributed by atoms with E-state index in [9.17, 15) is 19.7 Å². The van der Waals surface area contributed by atoms with E-state index >= 15 is 0 Å². The third kappa shape index (κ3) is 3.75. The highest BCUT2D eigenvalue weighted by atomic mass is 35.5. The summed E-state index contributed by atoms with van der Waals surface area (Å²) >= 11 is 5.98. The number of ether oxygens (including phenoxy) is 1. The van der Waals surface area contributed by atoms with Crippen molar-refractivity contribution in [2.24, 2.45) is 0 Å². The number of nitro benzene ring substituents is 1. The number of non-ortho nitro benzene ring substituents is 1. The highest BCUT2D eigenvalue weighted by Gasteiger charge is 2.35. The molecule has 10 heteroatoms. The number of fused-ring (bicyclic) bond motifs is 1. The molecular formula is C21H17ClN4O5. The van der Waals surface area contributed by atoms with Gasteiger partial charge in [0.15, 0.2) is 5.69 Å². The average molecular weight is 441 g/mol. The van der Waals surface area contributed by atoms with Crippen LogP contribution in [0.1, 0.15) is 33.5 Å². The zero-order valence-corrected chi connectivity index (χ0v) is 17.2. The zero-order valence-electron chi connectivity index (χ0n) is 16.4. The van der Waals surface area contributed by atoms with Crippen LogP contribution in [0.25, 0.3) is 5.69 Å². The molecule has 2 heterocycles. The summed E-state index contributed by atoms with van der Waals surface area (Å²) in [4.78, 5) is 37.8. The normalized spacial score (nSPS) is 13.1. The number of hydrogen-bond acceptors (Lipinski definition) is 6. The van der Waals surface area contributed by atoms with Gasteiger partial charge in [-0.15, -0.1) is 0 Å². The van der Waals surface area contributed by atoms with Gasteiger partial charge in [-0.3, -0.25) is 14.9 Å². The standard InChI is InChI=1S/C21H17ClN4O5/c1-2-31-21(28)18-17-11-12-24(14-7-9-16(10-8-14)26(29)30)20(27)19(17)25(23-18)15-5-3-13(22)4-6-15/h3-10H,2,11-12H2,1H3. The second kappa shape index (κ2) is 8.19. The predicted molar refractivity (Wildman–Crippen MR) is 113 cm³/mol. The molecule has 9 nitrogen and oxygen atoms in total. The van der Waals surface area contributed by atoms with E-state index in [1.807, 2.05) is 0 Å². The van der Waals surface area contributed by atoms with E-state index in [1.165, 1.54) is 33.8 Å². The molecule has 1 amide bonds. The summed E-state index contributed by atoms with van der Waals surface area (Å²) in [5.41, 5.74) is 1.87. The molecule has 0 aliphatic carbocycles. The van der Waals surface area contributed by atoms with Crippen molar-refractivity contribution in [2.45, 2.75) is 13.3 Å². The van der Waals surface area contributed by atoms with E-state index in [1.54, 1.807) is 31.2 Å². The first-order valence-corrected chi connectivity index (χ1v) is 9.89. The van der Waals surface area contributed by atoms with Crippen molar-refractivity contribution in [3.8, 4) is 5.69 Å². The Morgan fingerprint density at radius 3 is 2.42 bits per heavy atom. The molecule has 31 heavy (non-hydrogen) atoms. The van der Waals surface area contributed by atoms with Gasteiger partial charge in [-0.25, -0.2) is 9.48 Å². The smallest absolute Gasteiger partial charge is 0.359 e. The van der Waals surface area contributed by atoms with Crippen molar-refractivity contribution >= 4 is 34.9 Å². The number of anilines is 1. The van der Waals surface area contributed by atoms with E-state index < -0.39 is 10.9 Å². The van der Waals surface area contributed by atoms with E-state index in [-0.39, 0.29) is 29.6 Å². The van der Waals surface area contributed by atoms with Gasteiger partial charge >= 0.3 is 5.97 Å². The van der Waals surface area contributed by atoms with Gasteiger partial charge in [-0.1, -0.05) is 11.6 Å². The predicted octanol–water partition coefficient (Wildman–Crippen LogP) is 3.81. The quantitative estimate of drug-likeness (QED) is 0.339. The fourth-order valence-electron chi connectivity index (χ4n) is 3.49. The van der Waals surface area contributed by atoms with Crippen molar-refractivity contribution in [1.82, 2.24) is 9.78 Å². The summed E-state index contributed by atoms with van der Waals surface area (Å²) in [5.74, 6) is -0.962. The highest BCUT2D eigenvalue weighted by molar-refractivity contribution is 6.30. The first kappa shape index (κ1) is 20.5.